The van der Waals surface area contributed by atoms with Crippen LogP contribution in [0.2, 0.25) is 0 Å². The number of ketones is 1. The van der Waals surface area contributed by atoms with Gasteiger partial charge in [0.2, 0.25) is 5.91 Å². The third-order valence-corrected chi connectivity index (χ3v) is 6.25. The number of nitrogens with zero attached hydrogens (tertiary/aromatic N) is 3. The number of Topliss-reactive ketones (excluding diaryl/α,β-unsaturated/α-hetero) is 1. The maximum Gasteiger partial charge on any atom is 0.360 e. The number of carbonyl (C=O) groups is 3. The fraction of sp³-hybridized carbons (Fsp3) is 0.345. The van der Waals surface area contributed by atoms with Crippen LogP contribution in [0.5, 0.6) is 0 Å². The van der Waals surface area contributed by atoms with Gasteiger partial charge < -0.3 is 26.0 Å². The highest BCUT2D eigenvalue weighted by Crippen LogP contribution is 2.43. The second-order valence-corrected chi connectivity index (χ2v) is 10.8. The summed E-state index contributed by atoms with van der Waals surface area (Å²) in [6, 6.07) is 10.0. The molecule has 10 nitrogen and oxygen atoms in total. The lowest BCUT2D eigenvalue weighted by Crippen LogP contribution is -2.56. The topological polar surface area (TPSA) is 139 Å². The molecule has 2 aliphatic heterocycles. The smallest absolute Gasteiger partial charge is 0.360 e. The zero-order valence-electron chi connectivity index (χ0n) is 22.8. The van der Waals surface area contributed by atoms with Gasteiger partial charge in [-0.25, -0.2) is 9.79 Å². The first-order chi connectivity index (χ1) is 18.4. The Hall–Kier alpha value is -4.31. The first kappa shape index (κ1) is 27.7. The number of benzene rings is 1. The number of ether oxygens (including phenoxy) is 1. The van der Waals surface area contributed by atoms with Crippen LogP contribution < -0.4 is 16.4 Å². The molecule has 2 atom stereocenters. The van der Waals surface area contributed by atoms with Gasteiger partial charge in [-0.2, -0.15) is 0 Å². The maximum atomic E-state index is 13.8. The summed E-state index contributed by atoms with van der Waals surface area (Å²) in [5, 5.41) is 5.65. The summed E-state index contributed by atoms with van der Waals surface area (Å²) < 4.78 is 5.74. The number of aliphatic imine (C=N–C) groups is 1. The Morgan fingerprint density at radius 3 is 2.54 bits per heavy atom. The molecule has 0 fully saturated rings. The van der Waals surface area contributed by atoms with Crippen molar-refractivity contribution in [3.63, 3.8) is 0 Å². The van der Waals surface area contributed by atoms with Crippen molar-refractivity contribution in [2.45, 2.75) is 64.4 Å². The van der Waals surface area contributed by atoms with Gasteiger partial charge in [-0.3, -0.25) is 14.6 Å². The van der Waals surface area contributed by atoms with Crippen LogP contribution >= 0.6 is 0 Å². The minimum Gasteiger partial charge on any atom is -0.456 e. The number of rotatable bonds is 8. The molecule has 1 aromatic carbocycles. The minimum atomic E-state index is -1.54. The number of pyridine rings is 1. The molecule has 0 radical (unpaired) electrons. The Morgan fingerprint density at radius 2 is 1.87 bits per heavy atom. The summed E-state index contributed by atoms with van der Waals surface area (Å²) >= 11 is 0. The van der Waals surface area contributed by atoms with E-state index in [-0.39, 0.29) is 23.0 Å². The lowest BCUT2D eigenvalue weighted by Gasteiger charge is -2.40. The number of aromatic nitrogens is 1. The van der Waals surface area contributed by atoms with E-state index in [0.717, 1.165) is 5.56 Å². The summed E-state index contributed by atoms with van der Waals surface area (Å²) in [5.41, 5.74) is 5.96. The van der Waals surface area contributed by atoms with E-state index >= 15 is 0 Å². The number of esters is 1. The zero-order valence-corrected chi connectivity index (χ0v) is 22.8. The van der Waals surface area contributed by atoms with Crippen LogP contribution in [0.4, 0.5) is 5.69 Å². The molecule has 39 heavy (non-hydrogen) atoms. The summed E-state index contributed by atoms with van der Waals surface area (Å²) in [5.74, 6) is -1.36. The lowest BCUT2D eigenvalue weighted by molar-refractivity contribution is -0.165. The molecule has 0 bridgehead atoms. The molecule has 0 saturated heterocycles. The SMILES string of the molecule is CC(C)N1C=C(C(=O)c2cncc(NC(=O)[C@@H](N)Cc3ccccc3)c2)C2=CNC=NC21C(=O)OC(C)(C)C. The van der Waals surface area contributed by atoms with Crippen molar-refractivity contribution in [3.8, 4) is 0 Å². The van der Waals surface area contributed by atoms with E-state index in [9.17, 15) is 14.4 Å². The Labute approximate surface area is 228 Å². The van der Waals surface area contributed by atoms with Crippen LogP contribution in [0.15, 0.2) is 77.3 Å². The van der Waals surface area contributed by atoms with Gasteiger partial charge in [0, 0.05) is 41.3 Å². The Morgan fingerprint density at radius 1 is 1.15 bits per heavy atom. The van der Waals surface area contributed by atoms with E-state index in [4.69, 9.17) is 10.5 Å². The number of fused-ring (bicyclic) bond motifs is 1. The predicted octanol–water partition coefficient (Wildman–Crippen LogP) is 2.93. The molecule has 1 amide bonds. The van der Waals surface area contributed by atoms with E-state index < -0.39 is 29.2 Å². The van der Waals surface area contributed by atoms with Crippen molar-refractivity contribution in [1.82, 2.24) is 15.2 Å². The van der Waals surface area contributed by atoms with Gasteiger partial charge in [-0.1, -0.05) is 30.3 Å². The third-order valence-electron chi connectivity index (χ3n) is 6.25. The molecule has 10 heteroatoms. The van der Waals surface area contributed by atoms with Gasteiger partial charge >= 0.3 is 5.97 Å². The highest BCUT2D eigenvalue weighted by molar-refractivity contribution is 6.14. The lowest BCUT2D eigenvalue weighted by atomic mass is 9.91. The largest absolute Gasteiger partial charge is 0.456 e. The first-order valence-corrected chi connectivity index (χ1v) is 12.8. The predicted molar refractivity (Wildman–Crippen MR) is 149 cm³/mol. The van der Waals surface area contributed by atoms with Crippen molar-refractivity contribution >= 4 is 29.7 Å². The maximum absolute atomic E-state index is 13.8. The zero-order chi connectivity index (χ0) is 28.4. The van der Waals surface area contributed by atoms with Crippen molar-refractivity contribution in [2.24, 2.45) is 10.7 Å². The van der Waals surface area contributed by atoms with E-state index in [0.29, 0.717) is 17.7 Å². The molecule has 0 spiro atoms. The number of amides is 1. The first-order valence-electron chi connectivity index (χ1n) is 12.8. The molecule has 2 aromatic rings. The van der Waals surface area contributed by atoms with Crippen LogP contribution in [0, 0.1) is 0 Å². The molecule has 2 aliphatic rings. The fourth-order valence-corrected chi connectivity index (χ4v) is 4.50. The van der Waals surface area contributed by atoms with Crippen LogP contribution in [0.25, 0.3) is 0 Å². The summed E-state index contributed by atoms with van der Waals surface area (Å²) in [7, 11) is 0. The van der Waals surface area contributed by atoms with Gasteiger partial charge in [-0.05, 0) is 52.7 Å². The van der Waals surface area contributed by atoms with Crippen molar-refractivity contribution in [1.29, 1.82) is 0 Å². The second-order valence-electron chi connectivity index (χ2n) is 10.8. The number of hydrogen-bond acceptors (Lipinski definition) is 9. The van der Waals surface area contributed by atoms with Crippen molar-refractivity contribution in [3.05, 3.63) is 83.5 Å². The third kappa shape index (κ3) is 5.75. The van der Waals surface area contributed by atoms with E-state index in [1.54, 1.807) is 38.1 Å². The van der Waals surface area contributed by atoms with Gasteiger partial charge in [0.05, 0.1) is 24.3 Å². The van der Waals surface area contributed by atoms with Crippen LogP contribution in [-0.4, -0.2) is 57.2 Å². The van der Waals surface area contributed by atoms with E-state index in [1.807, 2.05) is 44.2 Å². The summed E-state index contributed by atoms with van der Waals surface area (Å²) in [6.45, 7) is 9.15. The van der Waals surface area contributed by atoms with Crippen molar-refractivity contribution < 1.29 is 19.1 Å². The second kappa shape index (κ2) is 10.8. The van der Waals surface area contributed by atoms with Gasteiger partial charge in [0.15, 0.2) is 5.78 Å². The van der Waals surface area contributed by atoms with Crippen LogP contribution in [0.1, 0.15) is 50.5 Å². The van der Waals surface area contributed by atoms with Gasteiger partial charge in [-0.15, -0.1) is 0 Å². The monoisotopic (exact) mass is 530 g/mol. The minimum absolute atomic E-state index is 0.184. The Balaban J connectivity index is 1.59. The molecule has 3 heterocycles. The normalized spacial score (nSPS) is 19.0. The molecular weight excluding hydrogens is 496 g/mol. The average Bonchev–Trinajstić information content (AvgIpc) is 3.25. The highest BCUT2D eigenvalue weighted by Gasteiger charge is 2.56. The standard InChI is InChI=1S/C29H34N6O4/c1-18(2)35-16-22(23-15-32-17-33-29(23,35)27(38)39-28(3,4)5)25(36)20-12-21(14-31-13-20)34-26(37)24(30)11-19-9-7-6-8-10-19/h6-10,12-18,24H,11,30H2,1-5H3,(H,32,33)(H,34,37)/t24-,29?/m0/s1. The molecule has 4 N–H and O–H groups in total. The molecule has 204 valence electrons. The molecular formula is C29H34N6O4. The summed E-state index contributed by atoms with van der Waals surface area (Å²) in [4.78, 5) is 50.5. The number of nitrogens with two attached hydrogens (primary N) is 1. The average molecular weight is 531 g/mol. The quantitative estimate of drug-likeness (QED) is 0.350. The molecule has 0 aliphatic carbocycles. The van der Waals surface area contributed by atoms with Crippen LogP contribution in [-0.2, 0) is 20.7 Å². The number of nitrogens with one attached hydrogen (secondary N) is 2. The molecule has 4 rings (SSSR count). The van der Waals surface area contributed by atoms with Gasteiger partial charge in [0.1, 0.15) is 5.60 Å². The molecule has 1 aromatic heterocycles. The van der Waals surface area contributed by atoms with Crippen molar-refractivity contribution in [2.75, 3.05) is 5.32 Å². The highest BCUT2D eigenvalue weighted by atomic mass is 16.6. The number of carbonyl (C=O) groups excluding carboxylic acids is 3. The number of hydrogen-bond donors (Lipinski definition) is 3. The number of anilines is 1. The fourth-order valence-electron chi connectivity index (χ4n) is 4.50. The Kier molecular flexibility index (Phi) is 7.69. The van der Waals surface area contributed by atoms with E-state index in [1.165, 1.54) is 24.8 Å². The van der Waals surface area contributed by atoms with Gasteiger partial charge in [0.25, 0.3) is 5.66 Å². The molecule has 0 saturated carbocycles. The van der Waals surface area contributed by atoms with E-state index in [2.05, 4.69) is 20.6 Å². The van der Waals surface area contributed by atoms with Crippen LogP contribution in [0.3, 0.4) is 0 Å². The summed E-state index contributed by atoms with van der Waals surface area (Å²) in [6.07, 6.45) is 7.87. The Bertz CT molecular complexity index is 1360. The molecule has 1 unspecified atom stereocenters.